The molecule has 0 unspecified atom stereocenters. The molecule has 0 aromatic heterocycles. The van der Waals surface area contributed by atoms with Gasteiger partial charge in [0.2, 0.25) is 6.41 Å². The predicted octanol–water partition coefficient (Wildman–Crippen LogP) is 5.22. The number of hydrazone groups is 1. The largest absolute Gasteiger partial charge is 0.496 e. The second-order valence-electron chi connectivity index (χ2n) is 6.05. The van der Waals surface area contributed by atoms with Crippen LogP contribution < -0.4 is 15.4 Å². The Morgan fingerprint density at radius 3 is 2.16 bits per heavy atom. The van der Waals surface area contributed by atoms with Crippen molar-refractivity contribution in [1.82, 2.24) is 5.01 Å². The fraction of sp³-hybridized carbons (Fsp3) is 0.238. The summed E-state index contributed by atoms with van der Waals surface area (Å²) in [4.78, 5) is 10.5. The number of benzene rings is 2. The number of alkyl halides is 3. The number of amides is 1. The molecule has 31 heavy (non-hydrogen) atoms. The molecule has 0 aliphatic carbocycles. The molecule has 10 heteroatoms. The van der Waals surface area contributed by atoms with Gasteiger partial charge in [-0.2, -0.15) is 18.3 Å². The highest BCUT2D eigenvalue weighted by atomic mass is 19.4. The summed E-state index contributed by atoms with van der Waals surface area (Å²) in [5, 5.41) is 10.2. The van der Waals surface area contributed by atoms with Gasteiger partial charge in [0.1, 0.15) is 17.3 Å². The first-order chi connectivity index (χ1) is 14.6. The Kier molecular flexibility index (Phi) is 9.52. The van der Waals surface area contributed by atoms with Gasteiger partial charge >= 0.3 is 6.18 Å². The smallest absolute Gasteiger partial charge is 0.416 e. The second kappa shape index (κ2) is 11.6. The van der Waals surface area contributed by atoms with Gasteiger partial charge in [-0.3, -0.25) is 9.80 Å². The maximum atomic E-state index is 13.7. The molecule has 0 spiro atoms. The number of allylic oxidation sites excluding steroid dienone is 1. The summed E-state index contributed by atoms with van der Waals surface area (Å²) in [7, 11) is 4.71. The number of carbonyl (C=O) groups excluding carboxylic acids is 1. The first-order valence-electron chi connectivity index (χ1n) is 8.89. The van der Waals surface area contributed by atoms with Crippen LogP contribution in [-0.2, 0) is 11.0 Å². The van der Waals surface area contributed by atoms with Gasteiger partial charge in [0.05, 0.1) is 12.7 Å². The summed E-state index contributed by atoms with van der Waals surface area (Å²) >= 11 is 0. The molecule has 0 aliphatic heterocycles. The summed E-state index contributed by atoms with van der Waals surface area (Å²) in [6.45, 7) is 4.68. The first-order valence-corrected chi connectivity index (χ1v) is 8.89. The minimum Gasteiger partial charge on any atom is -0.496 e. The van der Waals surface area contributed by atoms with Gasteiger partial charge in [0.25, 0.3) is 0 Å². The van der Waals surface area contributed by atoms with Gasteiger partial charge in [0.15, 0.2) is 0 Å². The molecule has 0 bridgehead atoms. The van der Waals surface area contributed by atoms with Crippen molar-refractivity contribution in [3.05, 3.63) is 59.4 Å². The van der Waals surface area contributed by atoms with Crippen LogP contribution in [0.3, 0.4) is 0 Å². The van der Waals surface area contributed by atoms with E-state index in [4.69, 9.17) is 4.74 Å². The molecule has 6 nitrogen and oxygen atoms in total. The number of hydrogen-bond donors (Lipinski definition) is 2. The third-order valence-electron chi connectivity index (χ3n) is 4.04. The number of carbonyl (C=O) groups is 1. The molecule has 168 valence electrons. The van der Waals surface area contributed by atoms with Gasteiger partial charge in [-0.05, 0) is 49.4 Å². The Hall–Kier alpha value is -3.56. The van der Waals surface area contributed by atoms with Crippen molar-refractivity contribution in [2.45, 2.75) is 13.1 Å². The predicted molar refractivity (Wildman–Crippen MR) is 115 cm³/mol. The average Bonchev–Trinajstić information content (AvgIpc) is 2.74. The molecular formula is C21H24F4N4O2. The third-order valence-corrected chi connectivity index (χ3v) is 4.04. The molecule has 0 heterocycles. The normalized spacial score (nSPS) is 11.4. The van der Waals surface area contributed by atoms with Crippen molar-refractivity contribution in [2.75, 3.05) is 31.8 Å². The fourth-order valence-electron chi connectivity index (χ4n) is 2.53. The van der Waals surface area contributed by atoms with Crippen LogP contribution in [0.25, 0.3) is 5.70 Å². The molecule has 2 N–H and O–H groups in total. The topological polar surface area (TPSA) is 66.0 Å². The number of anilines is 2. The number of methoxy groups -OCH3 is 1. The van der Waals surface area contributed by atoms with Crippen LogP contribution in [0.4, 0.5) is 28.9 Å². The van der Waals surface area contributed by atoms with Crippen LogP contribution in [0.2, 0.25) is 0 Å². The summed E-state index contributed by atoms with van der Waals surface area (Å²) < 4.78 is 54.9. The van der Waals surface area contributed by atoms with Crippen LogP contribution in [-0.4, -0.2) is 39.3 Å². The molecule has 0 fully saturated rings. The van der Waals surface area contributed by atoms with Crippen LogP contribution in [0.1, 0.15) is 18.1 Å². The SMILES string of the molecule is C=NN(C)/C(=C(\C)F)c1cc(NC=O)ccc1OC.CNc1ccc(C(F)(F)F)cc1. The van der Waals surface area contributed by atoms with Crippen molar-refractivity contribution >= 4 is 30.2 Å². The minimum absolute atomic E-state index is 0.224. The van der Waals surface area contributed by atoms with Crippen LogP contribution in [0.5, 0.6) is 5.75 Å². The summed E-state index contributed by atoms with van der Waals surface area (Å²) in [5.74, 6) is 0.0374. The lowest BCUT2D eigenvalue weighted by molar-refractivity contribution is -0.137. The maximum absolute atomic E-state index is 13.7. The molecule has 2 aromatic rings. The standard InChI is InChI=1S/C13H16FN3O2.C8H8F3N/c1-9(14)13(17(3)15-2)11-7-10(16-8-18)5-6-12(11)19-4;1-12-7-4-2-6(3-5-7)8(9,10)11/h5-8H,2H2,1,3-4H3,(H,16,18);2-5,12H,1H3/b13-9+;. The van der Waals surface area contributed by atoms with E-state index in [0.717, 1.165) is 12.1 Å². The number of nitrogens with zero attached hydrogens (tertiary/aromatic N) is 2. The van der Waals surface area contributed by atoms with Crippen molar-refractivity contribution in [3.8, 4) is 5.75 Å². The van der Waals surface area contributed by atoms with Crippen LogP contribution in [0.15, 0.2) is 53.4 Å². The molecule has 0 aliphatic rings. The molecule has 1 amide bonds. The summed E-state index contributed by atoms with van der Waals surface area (Å²) in [6.07, 6.45) is -3.70. The van der Waals surface area contributed by atoms with Gasteiger partial charge in [-0.25, -0.2) is 4.39 Å². The Bertz CT molecular complexity index is 909. The van der Waals surface area contributed by atoms with Crippen molar-refractivity contribution in [1.29, 1.82) is 0 Å². The quantitative estimate of drug-likeness (QED) is 0.268. The fourth-order valence-corrected chi connectivity index (χ4v) is 2.53. The number of hydrogen-bond acceptors (Lipinski definition) is 5. The molecular weight excluding hydrogens is 416 g/mol. The van der Waals surface area contributed by atoms with Crippen LogP contribution >= 0.6 is 0 Å². The zero-order valence-corrected chi connectivity index (χ0v) is 17.5. The van der Waals surface area contributed by atoms with E-state index in [0.29, 0.717) is 29.1 Å². The number of nitrogens with one attached hydrogen (secondary N) is 2. The highest BCUT2D eigenvalue weighted by molar-refractivity contribution is 5.78. The molecule has 2 rings (SSSR count). The maximum Gasteiger partial charge on any atom is 0.416 e. The Labute approximate surface area is 178 Å². The molecule has 0 atom stereocenters. The van der Waals surface area contributed by atoms with E-state index in [9.17, 15) is 22.4 Å². The van der Waals surface area contributed by atoms with Gasteiger partial charge in [-0.1, -0.05) is 0 Å². The summed E-state index contributed by atoms with van der Waals surface area (Å²) in [5.41, 5.74) is 1.28. The van der Waals surface area contributed by atoms with E-state index in [1.54, 1.807) is 32.3 Å². The monoisotopic (exact) mass is 440 g/mol. The van der Waals surface area contributed by atoms with Crippen LogP contribution in [0, 0.1) is 0 Å². The highest BCUT2D eigenvalue weighted by Gasteiger charge is 2.29. The Morgan fingerprint density at radius 2 is 1.74 bits per heavy atom. The van der Waals surface area contributed by atoms with Crippen molar-refractivity contribution < 1.29 is 27.1 Å². The Morgan fingerprint density at radius 1 is 1.16 bits per heavy atom. The number of halogens is 4. The summed E-state index contributed by atoms with van der Waals surface area (Å²) in [6, 6.07) is 9.78. The van der Waals surface area contributed by atoms with Gasteiger partial charge in [-0.15, -0.1) is 0 Å². The highest BCUT2D eigenvalue weighted by Crippen LogP contribution is 2.33. The minimum atomic E-state index is -4.24. The van der Waals surface area contributed by atoms with E-state index >= 15 is 0 Å². The zero-order valence-electron chi connectivity index (χ0n) is 17.5. The van der Waals surface area contributed by atoms with E-state index in [-0.39, 0.29) is 5.70 Å². The lowest BCUT2D eigenvalue weighted by Crippen LogP contribution is -2.11. The molecule has 0 saturated heterocycles. The number of rotatable bonds is 7. The van der Waals surface area contributed by atoms with E-state index in [2.05, 4.69) is 22.5 Å². The van der Waals surface area contributed by atoms with E-state index < -0.39 is 17.6 Å². The molecule has 2 aromatic carbocycles. The lowest BCUT2D eigenvalue weighted by atomic mass is 10.1. The third kappa shape index (κ3) is 7.32. The van der Waals surface area contributed by atoms with Gasteiger partial charge in [0, 0.05) is 37.8 Å². The number of ether oxygens (including phenoxy) is 1. The lowest BCUT2D eigenvalue weighted by Gasteiger charge is -2.20. The first kappa shape index (κ1) is 25.5. The molecule has 0 saturated carbocycles. The second-order valence-corrected chi connectivity index (χ2v) is 6.05. The molecule has 0 radical (unpaired) electrons. The average molecular weight is 440 g/mol. The zero-order chi connectivity index (χ0) is 23.6. The van der Waals surface area contributed by atoms with Gasteiger partial charge < -0.3 is 15.4 Å². The van der Waals surface area contributed by atoms with Crippen molar-refractivity contribution in [3.63, 3.8) is 0 Å². The van der Waals surface area contributed by atoms with Crippen molar-refractivity contribution in [2.24, 2.45) is 5.10 Å². The van der Waals surface area contributed by atoms with E-state index in [1.165, 1.54) is 31.2 Å². The van der Waals surface area contributed by atoms with E-state index in [1.807, 2.05) is 0 Å². The Balaban J connectivity index is 0.000000343.